The topological polar surface area (TPSA) is 0 Å². The molecule has 1 atom stereocenters. The second-order valence-electron chi connectivity index (χ2n) is 4.08. The molecule has 0 saturated heterocycles. The van der Waals surface area contributed by atoms with Crippen LogP contribution in [-0.4, -0.2) is 0 Å². The molecule has 17 heavy (non-hydrogen) atoms. The molecule has 0 aliphatic rings. The zero-order valence-corrected chi connectivity index (χ0v) is 10.6. The fourth-order valence-electron chi connectivity index (χ4n) is 1.77. The van der Waals surface area contributed by atoms with E-state index in [2.05, 4.69) is 37.3 Å². The SMILES string of the molecule is CC(/C=C(/Cl)c1ccccc1)c1ccccc1. The predicted octanol–water partition coefficient (Wildman–Crippen LogP) is 5.07. The lowest BCUT2D eigenvalue weighted by atomic mass is 10.00. The third kappa shape index (κ3) is 3.21. The Hall–Kier alpha value is -1.53. The minimum absolute atomic E-state index is 0.323. The first-order valence-electron chi connectivity index (χ1n) is 5.75. The largest absolute Gasteiger partial charge is 0.0840 e. The highest BCUT2D eigenvalue weighted by atomic mass is 35.5. The molecule has 0 N–H and O–H groups in total. The highest BCUT2D eigenvalue weighted by Crippen LogP contribution is 2.25. The standard InChI is InChI=1S/C16H15Cl/c1-13(14-8-4-2-5-9-14)12-16(17)15-10-6-3-7-11-15/h2-13H,1H3/b16-12+. The van der Waals surface area contributed by atoms with Crippen LogP contribution in [0.3, 0.4) is 0 Å². The van der Waals surface area contributed by atoms with Crippen molar-refractivity contribution in [2.24, 2.45) is 0 Å². The fourth-order valence-corrected chi connectivity index (χ4v) is 2.08. The maximum atomic E-state index is 6.31. The summed E-state index contributed by atoms with van der Waals surface area (Å²) in [6, 6.07) is 20.4. The van der Waals surface area contributed by atoms with E-state index in [4.69, 9.17) is 11.6 Å². The molecule has 0 bridgehead atoms. The number of hydrogen-bond donors (Lipinski definition) is 0. The van der Waals surface area contributed by atoms with Gasteiger partial charge in [-0.2, -0.15) is 0 Å². The van der Waals surface area contributed by atoms with Crippen LogP contribution in [0.25, 0.3) is 5.03 Å². The minimum Gasteiger partial charge on any atom is -0.0840 e. The van der Waals surface area contributed by atoms with Crippen molar-refractivity contribution in [3.8, 4) is 0 Å². The first-order valence-corrected chi connectivity index (χ1v) is 6.13. The van der Waals surface area contributed by atoms with E-state index in [0.717, 1.165) is 10.6 Å². The molecule has 0 nitrogen and oxygen atoms in total. The van der Waals surface area contributed by atoms with Gasteiger partial charge in [-0.15, -0.1) is 0 Å². The highest BCUT2D eigenvalue weighted by Gasteiger charge is 2.04. The van der Waals surface area contributed by atoms with Crippen molar-refractivity contribution in [1.82, 2.24) is 0 Å². The zero-order valence-electron chi connectivity index (χ0n) is 9.81. The number of rotatable bonds is 3. The van der Waals surface area contributed by atoms with Crippen molar-refractivity contribution in [3.63, 3.8) is 0 Å². The van der Waals surface area contributed by atoms with Crippen molar-refractivity contribution in [3.05, 3.63) is 77.9 Å². The van der Waals surface area contributed by atoms with Crippen LogP contribution in [0.15, 0.2) is 66.7 Å². The number of halogens is 1. The molecular weight excluding hydrogens is 228 g/mol. The van der Waals surface area contributed by atoms with Crippen molar-refractivity contribution >= 4 is 16.6 Å². The van der Waals surface area contributed by atoms with Crippen molar-refractivity contribution in [2.45, 2.75) is 12.8 Å². The first kappa shape index (κ1) is 11.9. The van der Waals surface area contributed by atoms with E-state index in [0.29, 0.717) is 5.92 Å². The van der Waals surface area contributed by atoms with E-state index < -0.39 is 0 Å². The molecule has 0 saturated carbocycles. The van der Waals surface area contributed by atoms with Crippen LogP contribution in [0.1, 0.15) is 24.0 Å². The molecule has 2 rings (SSSR count). The summed E-state index contributed by atoms with van der Waals surface area (Å²) in [5, 5.41) is 0.807. The molecule has 0 fully saturated rings. The van der Waals surface area contributed by atoms with Gasteiger partial charge < -0.3 is 0 Å². The normalized spacial score (nSPS) is 13.4. The summed E-state index contributed by atoms with van der Waals surface area (Å²) in [5.41, 5.74) is 2.35. The Labute approximate surface area is 108 Å². The Morgan fingerprint density at radius 1 is 0.941 bits per heavy atom. The number of benzene rings is 2. The van der Waals surface area contributed by atoms with Gasteiger partial charge in [0.1, 0.15) is 0 Å². The van der Waals surface area contributed by atoms with Crippen molar-refractivity contribution in [1.29, 1.82) is 0 Å². The number of hydrogen-bond acceptors (Lipinski definition) is 0. The summed E-state index contributed by atoms with van der Waals surface area (Å²) in [6.07, 6.45) is 2.09. The monoisotopic (exact) mass is 242 g/mol. The second kappa shape index (κ2) is 5.70. The van der Waals surface area contributed by atoms with Gasteiger partial charge in [-0.05, 0) is 11.1 Å². The lowest BCUT2D eigenvalue weighted by Gasteiger charge is -2.08. The highest BCUT2D eigenvalue weighted by molar-refractivity contribution is 6.48. The van der Waals surface area contributed by atoms with Gasteiger partial charge in [-0.25, -0.2) is 0 Å². The van der Waals surface area contributed by atoms with Gasteiger partial charge in [0, 0.05) is 11.0 Å². The molecule has 1 heteroatoms. The summed E-state index contributed by atoms with van der Waals surface area (Å²) >= 11 is 6.31. The van der Waals surface area contributed by atoms with E-state index in [-0.39, 0.29) is 0 Å². The third-order valence-electron chi connectivity index (χ3n) is 2.77. The van der Waals surface area contributed by atoms with Gasteiger partial charge in [0.05, 0.1) is 0 Å². The molecule has 2 aromatic carbocycles. The fraction of sp³-hybridized carbons (Fsp3) is 0.125. The summed E-state index contributed by atoms with van der Waals surface area (Å²) in [4.78, 5) is 0. The molecule has 0 aliphatic heterocycles. The minimum atomic E-state index is 0.323. The molecule has 0 amide bonds. The Morgan fingerprint density at radius 2 is 1.47 bits per heavy atom. The molecule has 0 radical (unpaired) electrons. The van der Waals surface area contributed by atoms with Gasteiger partial charge in [0.2, 0.25) is 0 Å². The van der Waals surface area contributed by atoms with Crippen LogP contribution in [0.2, 0.25) is 0 Å². The quantitative estimate of drug-likeness (QED) is 0.705. The Morgan fingerprint density at radius 3 is 2.06 bits per heavy atom. The maximum absolute atomic E-state index is 6.31. The Balaban J connectivity index is 2.20. The summed E-state index contributed by atoms with van der Waals surface area (Å²) in [7, 11) is 0. The molecule has 0 aliphatic carbocycles. The van der Waals surface area contributed by atoms with Crippen LogP contribution in [0.4, 0.5) is 0 Å². The molecule has 2 aromatic rings. The number of allylic oxidation sites excluding steroid dienone is 1. The molecule has 0 aromatic heterocycles. The zero-order chi connectivity index (χ0) is 12.1. The molecule has 86 valence electrons. The van der Waals surface area contributed by atoms with Gasteiger partial charge >= 0.3 is 0 Å². The second-order valence-corrected chi connectivity index (χ2v) is 4.49. The van der Waals surface area contributed by atoms with Crippen LogP contribution in [-0.2, 0) is 0 Å². The predicted molar refractivity (Wildman–Crippen MR) is 75.1 cm³/mol. The van der Waals surface area contributed by atoms with Gasteiger partial charge in [-0.3, -0.25) is 0 Å². The van der Waals surface area contributed by atoms with Crippen LogP contribution in [0.5, 0.6) is 0 Å². The van der Waals surface area contributed by atoms with Gasteiger partial charge in [0.15, 0.2) is 0 Å². The summed E-state index contributed by atoms with van der Waals surface area (Å²) in [6.45, 7) is 2.15. The maximum Gasteiger partial charge on any atom is 0.0444 e. The average molecular weight is 243 g/mol. The Bertz CT molecular complexity index is 485. The molecular formula is C16H15Cl. The molecule has 1 unspecified atom stereocenters. The van der Waals surface area contributed by atoms with E-state index >= 15 is 0 Å². The van der Waals surface area contributed by atoms with Gasteiger partial charge in [0.25, 0.3) is 0 Å². The average Bonchev–Trinajstić information content (AvgIpc) is 2.40. The van der Waals surface area contributed by atoms with Crippen LogP contribution >= 0.6 is 11.6 Å². The van der Waals surface area contributed by atoms with Gasteiger partial charge in [-0.1, -0.05) is 85.3 Å². The van der Waals surface area contributed by atoms with E-state index in [1.807, 2.05) is 36.4 Å². The van der Waals surface area contributed by atoms with E-state index in [1.165, 1.54) is 5.56 Å². The van der Waals surface area contributed by atoms with E-state index in [9.17, 15) is 0 Å². The van der Waals surface area contributed by atoms with Crippen molar-refractivity contribution in [2.75, 3.05) is 0 Å². The molecule has 0 heterocycles. The first-order chi connectivity index (χ1) is 8.27. The summed E-state index contributed by atoms with van der Waals surface area (Å²) in [5.74, 6) is 0.323. The molecule has 0 spiro atoms. The van der Waals surface area contributed by atoms with Crippen LogP contribution < -0.4 is 0 Å². The third-order valence-corrected chi connectivity index (χ3v) is 3.12. The Kier molecular flexibility index (Phi) is 4.00. The summed E-state index contributed by atoms with van der Waals surface area (Å²) < 4.78 is 0. The smallest absolute Gasteiger partial charge is 0.0444 e. The van der Waals surface area contributed by atoms with Crippen molar-refractivity contribution < 1.29 is 0 Å². The lowest BCUT2D eigenvalue weighted by Crippen LogP contribution is -1.89. The van der Waals surface area contributed by atoms with Crippen LogP contribution in [0, 0.1) is 0 Å². The lowest BCUT2D eigenvalue weighted by molar-refractivity contribution is 0.972. The van der Waals surface area contributed by atoms with E-state index in [1.54, 1.807) is 0 Å².